The summed E-state index contributed by atoms with van der Waals surface area (Å²) in [6, 6.07) is 9.90. The number of para-hydroxylation sites is 1. The van der Waals surface area contributed by atoms with Crippen LogP contribution in [0, 0.1) is 11.3 Å². The minimum atomic E-state index is 0.403. The SMILES string of the molecule is N#CCc1ccccc1OC1CC1. The average Bonchev–Trinajstić information content (AvgIpc) is 2.93. The highest BCUT2D eigenvalue weighted by molar-refractivity contribution is 5.35. The first-order valence-corrected chi connectivity index (χ1v) is 4.51. The molecule has 0 heterocycles. The molecule has 0 amide bonds. The summed E-state index contributed by atoms with van der Waals surface area (Å²) in [7, 11) is 0. The van der Waals surface area contributed by atoms with E-state index in [1.165, 1.54) is 0 Å². The Hall–Kier alpha value is -1.49. The van der Waals surface area contributed by atoms with E-state index in [1.54, 1.807) is 0 Å². The zero-order valence-electron chi connectivity index (χ0n) is 7.36. The van der Waals surface area contributed by atoms with E-state index < -0.39 is 0 Å². The fourth-order valence-electron chi connectivity index (χ4n) is 1.22. The lowest BCUT2D eigenvalue weighted by Gasteiger charge is -2.07. The number of hydrogen-bond donors (Lipinski definition) is 0. The van der Waals surface area contributed by atoms with Crippen LogP contribution in [0.1, 0.15) is 18.4 Å². The van der Waals surface area contributed by atoms with Gasteiger partial charge in [-0.1, -0.05) is 18.2 Å². The van der Waals surface area contributed by atoms with Gasteiger partial charge in [-0.05, 0) is 18.9 Å². The van der Waals surface area contributed by atoms with Gasteiger partial charge in [0, 0.05) is 5.56 Å². The van der Waals surface area contributed by atoms with Crippen LogP contribution < -0.4 is 4.74 Å². The van der Waals surface area contributed by atoms with Crippen LogP contribution in [0.2, 0.25) is 0 Å². The van der Waals surface area contributed by atoms with Gasteiger partial charge in [0.2, 0.25) is 0 Å². The molecule has 1 aromatic rings. The summed E-state index contributed by atoms with van der Waals surface area (Å²) in [4.78, 5) is 0. The van der Waals surface area contributed by atoms with Crippen LogP contribution in [0.15, 0.2) is 24.3 Å². The van der Waals surface area contributed by atoms with Crippen LogP contribution >= 0.6 is 0 Å². The number of ether oxygens (including phenoxy) is 1. The second kappa shape index (κ2) is 3.49. The van der Waals surface area contributed by atoms with Crippen LogP contribution in [-0.2, 0) is 6.42 Å². The van der Waals surface area contributed by atoms with Crippen molar-refractivity contribution in [2.75, 3.05) is 0 Å². The Labute approximate surface area is 77.8 Å². The van der Waals surface area contributed by atoms with Crippen LogP contribution in [-0.4, -0.2) is 6.10 Å². The Balaban J connectivity index is 2.16. The molecule has 0 atom stereocenters. The Morgan fingerprint density at radius 3 is 2.85 bits per heavy atom. The molecule has 0 bridgehead atoms. The predicted molar refractivity (Wildman–Crippen MR) is 49.4 cm³/mol. The summed E-state index contributed by atoms with van der Waals surface area (Å²) in [5, 5.41) is 8.59. The molecule has 0 N–H and O–H groups in total. The van der Waals surface area contributed by atoms with Crippen LogP contribution in [0.25, 0.3) is 0 Å². The number of rotatable bonds is 3. The molecule has 1 fully saturated rings. The lowest BCUT2D eigenvalue weighted by atomic mass is 10.1. The van der Waals surface area contributed by atoms with Crippen molar-refractivity contribution in [1.29, 1.82) is 5.26 Å². The summed E-state index contributed by atoms with van der Waals surface area (Å²) >= 11 is 0. The number of nitrogens with zero attached hydrogens (tertiary/aromatic N) is 1. The van der Waals surface area contributed by atoms with Gasteiger partial charge in [0.15, 0.2) is 0 Å². The monoisotopic (exact) mass is 173 g/mol. The summed E-state index contributed by atoms with van der Waals surface area (Å²) < 4.78 is 5.66. The van der Waals surface area contributed by atoms with Crippen molar-refractivity contribution in [3.63, 3.8) is 0 Å². The minimum Gasteiger partial charge on any atom is -0.490 e. The second-order valence-electron chi connectivity index (χ2n) is 3.26. The lowest BCUT2D eigenvalue weighted by molar-refractivity contribution is 0.300. The topological polar surface area (TPSA) is 33.0 Å². The molecule has 0 unspecified atom stereocenters. The Bertz CT molecular complexity index is 336. The molecule has 0 saturated heterocycles. The van der Waals surface area contributed by atoms with Gasteiger partial charge < -0.3 is 4.74 Å². The molecule has 1 aliphatic carbocycles. The molecule has 0 spiro atoms. The molecule has 13 heavy (non-hydrogen) atoms. The van der Waals surface area contributed by atoms with E-state index in [0.717, 1.165) is 24.2 Å². The normalized spacial score (nSPS) is 15.0. The third kappa shape index (κ3) is 2.00. The number of hydrogen-bond acceptors (Lipinski definition) is 2. The van der Waals surface area contributed by atoms with Crippen LogP contribution in [0.4, 0.5) is 0 Å². The van der Waals surface area contributed by atoms with Gasteiger partial charge >= 0.3 is 0 Å². The Morgan fingerprint density at radius 1 is 1.38 bits per heavy atom. The van der Waals surface area contributed by atoms with Gasteiger partial charge in [0.25, 0.3) is 0 Å². The van der Waals surface area contributed by atoms with Gasteiger partial charge in [-0.15, -0.1) is 0 Å². The summed E-state index contributed by atoms with van der Waals surface area (Å²) in [5.41, 5.74) is 0.997. The fourth-order valence-corrected chi connectivity index (χ4v) is 1.22. The molecule has 2 nitrogen and oxygen atoms in total. The van der Waals surface area contributed by atoms with Crippen molar-refractivity contribution in [1.82, 2.24) is 0 Å². The van der Waals surface area contributed by atoms with Gasteiger partial charge in [0.1, 0.15) is 5.75 Å². The third-order valence-electron chi connectivity index (χ3n) is 2.06. The van der Waals surface area contributed by atoms with E-state index >= 15 is 0 Å². The minimum absolute atomic E-state index is 0.403. The van der Waals surface area contributed by atoms with E-state index in [-0.39, 0.29) is 0 Å². The quantitative estimate of drug-likeness (QED) is 0.702. The van der Waals surface area contributed by atoms with E-state index in [1.807, 2.05) is 24.3 Å². The predicted octanol–water partition coefficient (Wildman–Crippen LogP) is 2.29. The zero-order valence-corrected chi connectivity index (χ0v) is 7.36. The highest BCUT2D eigenvalue weighted by Gasteiger charge is 2.24. The number of benzene rings is 1. The molecule has 0 aliphatic heterocycles. The smallest absolute Gasteiger partial charge is 0.123 e. The van der Waals surface area contributed by atoms with E-state index in [9.17, 15) is 0 Å². The average molecular weight is 173 g/mol. The molecule has 0 radical (unpaired) electrons. The standard InChI is InChI=1S/C11H11NO/c12-8-7-9-3-1-2-4-11(9)13-10-5-6-10/h1-4,10H,5-7H2. The maximum Gasteiger partial charge on any atom is 0.123 e. The zero-order chi connectivity index (χ0) is 9.10. The third-order valence-corrected chi connectivity index (χ3v) is 2.06. The first kappa shape index (κ1) is 8.12. The van der Waals surface area contributed by atoms with Crippen molar-refractivity contribution >= 4 is 0 Å². The maximum absolute atomic E-state index is 8.59. The molecule has 2 heteroatoms. The molecule has 0 aromatic heterocycles. The molecular formula is C11H11NO. The summed E-state index contributed by atoms with van der Waals surface area (Å²) in [5.74, 6) is 0.881. The maximum atomic E-state index is 8.59. The van der Waals surface area contributed by atoms with E-state index in [2.05, 4.69) is 6.07 Å². The van der Waals surface area contributed by atoms with Gasteiger partial charge in [-0.25, -0.2) is 0 Å². The highest BCUT2D eigenvalue weighted by atomic mass is 16.5. The molecule has 1 saturated carbocycles. The lowest BCUT2D eigenvalue weighted by Crippen LogP contribution is -1.98. The largest absolute Gasteiger partial charge is 0.490 e. The van der Waals surface area contributed by atoms with Crippen molar-refractivity contribution in [3.8, 4) is 11.8 Å². The van der Waals surface area contributed by atoms with Gasteiger partial charge in [0.05, 0.1) is 18.6 Å². The first-order chi connectivity index (χ1) is 6.40. The van der Waals surface area contributed by atoms with Gasteiger partial charge in [-0.3, -0.25) is 0 Å². The van der Waals surface area contributed by atoms with E-state index in [0.29, 0.717) is 12.5 Å². The van der Waals surface area contributed by atoms with Crippen molar-refractivity contribution < 1.29 is 4.74 Å². The summed E-state index contributed by atoms with van der Waals surface area (Å²) in [6.07, 6.45) is 3.14. The van der Waals surface area contributed by atoms with E-state index in [4.69, 9.17) is 10.00 Å². The fraction of sp³-hybridized carbons (Fsp3) is 0.364. The van der Waals surface area contributed by atoms with Crippen molar-refractivity contribution in [2.24, 2.45) is 0 Å². The summed E-state index contributed by atoms with van der Waals surface area (Å²) in [6.45, 7) is 0. The molecule has 66 valence electrons. The van der Waals surface area contributed by atoms with Crippen molar-refractivity contribution in [2.45, 2.75) is 25.4 Å². The first-order valence-electron chi connectivity index (χ1n) is 4.51. The molecule has 2 rings (SSSR count). The van der Waals surface area contributed by atoms with Crippen LogP contribution in [0.3, 0.4) is 0 Å². The molecular weight excluding hydrogens is 162 g/mol. The highest BCUT2D eigenvalue weighted by Crippen LogP contribution is 2.28. The Morgan fingerprint density at radius 2 is 2.15 bits per heavy atom. The molecule has 1 aliphatic rings. The Kier molecular flexibility index (Phi) is 2.18. The molecule has 1 aromatic carbocycles. The second-order valence-corrected chi connectivity index (χ2v) is 3.26. The number of nitriles is 1. The van der Waals surface area contributed by atoms with Gasteiger partial charge in [-0.2, -0.15) is 5.26 Å². The van der Waals surface area contributed by atoms with Crippen molar-refractivity contribution in [3.05, 3.63) is 29.8 Å². The van der Waals surface area contributed by atoms with Crippen LogP contribution in [0.5, 0.6) is 5.75 Å².